The summed E-state index contributed by atoms with van der Waals surface area (Å²) in [4.78, 5) is 25.2. The van der Waals surface area contributed by atoms with E-state index < -0.39 is 17.3 Å². The van der Waals surface area contributed by atoms with Gasteiger partial charge in [0.15, 0.2) is 0 Å². The van der Waals surface area contributed by atoms with Crippen molar-refractivity contribution >= 4 is 11.8 Å². The van der Waals surface area contributed by atoms with Crippen LogP contribution >= 0.6 is 0 Å². The zero-order chi connectivity index (χ0) is 17.9. The molecule has 2 aromatic rings. The highest BCUT2D eigenvalue weighted by atomic mass is 19.1. The predicted octanol–water partition coefficient (Wildman–Crippen LogP) is 3.72. The molecule has 0 aliphatic heterocycles. The molecule has 2 amide bonds. The van der Waals surface area contributed by atoms with Crippen LogP contribution < -0.4 is 5.43 Å². The fourth-order valence-electron chi connectivity index (χ4n) is 2.12. The van der Waals surface area contributed by atoms with E-state index in [2.05, 4.69) is 5.43 Å². The summed E-state index contributed by atoms with van der Waals surface area (Å²) in [5.74, 6) is -1.20. The van der Waals surface area contributed by atoms with Crippen LogP contribution in [0.25, 0.3) is 0 Å². The number of benzene rings is 2. The summed E-state index contributed by atoms with van der Waals surface area (Å²) < 4.78 is 13.0. The molecule has 0 saturated heterocycles. The molecule has 0 bridgehead atoms. The van der Waals surface area contributed by atoms with Gasteiger partial charge in [0.2, 0.25) is 0 Å². The summed E-state index contributed by atoms with van der Waals surface area (Å²) in [5, 5.41) is 1.29. The van der Waals surface area contributed by atoms with Gasteiger partial charge in [0.05, 0.1) is 5.54 Å². The molecule has 0 aliphatic carbocycles. The van der Waals surface area contributed by atoms with Crippen LogP contribution in [-0.4, -0.2) is 22.4 Å². The van der Waals surface area contributed by atoms with Crippen molar-refractivity contribution in [1.82, 2.24) is 10.4 Å². The fourth-order valence-corrected chi connectivity index (χ4v) is 2.12. The molecule has 0 heterocycles. The lowest BCUT2D eigenvalue weighted by atomic mass is 10.1. The molecule has 1 N–H and O–H groups in total. The lowest BCUT2D eigenvalue weighted by molar-refractivity contribution is 0.0358. The van der Waals surface area contributed by atoms with Crippen LogP contribution in [0.3, 0.4) is 0 Å². The summed E-state index contributed by atoms with van der Waals surface area (Å²) in [6.07, 6.45) is 0. The van der Waals surface area contributed by atoms with Gasteiger partial charge in [-0.05, 0) is 64.1 Å². The number of halogens is 1. The normalized spacial score (nSPS) is 11.0. The van der Waals surface area contributed by atoms with Crippen LogP contribution in [-0.2, 0) is 0 Å². The minimum Gasteiger partial charge on any atom is -0.267 e. The highest BCUT2D eigenvalue weighted by Gasteiger charge is 2.29. The van der Waals surface area contributed by atoms with Gasteiger partial charge in [-0.3, -0.25) is 15.0 Å². The van der Waals surface area contributed by atoms with E-state index in [1.807, 2.05) is 39.8 Å². The largest absolute Gasteiger partial charge is 0.272 e. The van der Waals surface area contributed by atoms with Crippen molar-refractivity contribution in [3.63, 3.8) is 0 Å². The van der Waals surface area contributed by atoms with Crippen molar-refractivity contribution < 1.29 is 14.0 Å². The molecule has 0 radical (unpaired) electrons. The Hall–Kier alpha value is -2.69. The smallest absolute Gasteiger partial charge is 0.267 e. The Morgan fingerprint density at radius 1 is 0.917 bits per heavy atom. The topological polar surface area (TPSA) is 49.4 Å². The molecule has 0 atom stereocenters. The van der Waals surface area contributed by atoms with Crippen molar-refractivity contribution in [2.75, 3.05) is 0 Å². The van der Waals surface area contributed by atoms with E-state index in [-0.39, 0.29) is 11.5 Å². The fraction of sp³-hybridized carbons (Fsp3) is 0.263. The van der Waals surface area contributed by atoms with Gasteiger partial charge >= 0.3 is 0 Å². The second-order valence-electron chi connectivity index (χ2n) is 6.63. The van der Waals surface area contributed by atoms with Gasteiger partial charge in [-0.15, -0.1) is 0 Å². The molecular formula is C19H21FN2O2. The maximum Gasteiger partial charge on any atom is 0.272 e. The molecule has 0 spiro atoms. The van der Waals surface area contributed by atoms with Gasteiger partial charge in [-0.25, -0.2) is 9.40 Å². The Labute approximate surface area is 141 Å². The van der Waals surface area contributed by atoms with Gasteiger partial charge in [-0.2, -0.15) is 0 Å². The van der Waals surface area contributed by atoms with Crippen molar-refractivity contribution in [2.45, 2.75) is 33.2 Å². The zero-order valence-corrected chi connectivity index (χ0v) is 14.3. The highest BCUT2D eigenvalue weighted by Crippen LogP contribution is 2.16. The van der Waals surface area contributed by atoms with Gasteiger partial charge in [0, 0.05) is 11.1 Å². The van der Waals surface area contributed by atoms with E-state index in [1.54, 1.807) is 12.1 Å². The molecule has 0 saturated carbocycles. The molecule has 126 valence electrons. The number of hydrazine groups is 1. The number of amides is 2. The third-order valence-electron chi connectivity index (χ3n) is 3.49. The first-order valence-corrected chi connectivity index (χ1v) is 7.66. The number of nitrogens with one attached hydrogen (secondary N) is 1. The molecule has 0 aromatic heterocycles. The Morgan fingerprint density at radius 3 is 1.92 bits per heavy atom. The lowest BCUT2D eigenvalue weighted by Crippen LogP contribution is -2.55. The standard InChI is InChI=1S/C19H21FN2O2/c1-13-5-7-15(8-6-13)18(24)22(19(2,3)4)21-17(23)14-9-11-16(20)12-10-14/h5-12H,1-4H3,(H,21,23). The first kappa shape index (κ1) is 17.7. The van der Waals surface area contributed by atoms with Gasteiger partial charge in [0.25, 0.3) is 11.8 Å². The summed E-state index contributed by atoms with van der Waals surface area (Å²) in [7, 11) is 0. The average molecular weight is 328 g/mol. The van der Waals surface area contributed by atoms with Crippen LogP contribution in [0.5, 0.6) is 0 Å². The van der Waals surface area contributed by atoms with Gasteiger partial charge < -0.3 is 0 Å². The Morgan fingerprint density at radius 2 is 1.42 bits per heavy atom. The van der Waals surface area contributed by atoms with Crippen molar-refractivity contribution in [3.8, 4) is 0 Å². The maximum absolute atomic E-state index is 13.0. The zero-order valence-electron chi connectivity index (χ0n) is 14.3. The summed E-state index contributed by atoms with van der Waals surface area (Å²) in [6.45, 7) is 7.41. The summed E-state index contributed by atoms with van der Waals surface area (Å²) in [5.41, 5.74) is 3.81. The Balaban J connectivity index is 2.25. The number of nitrogens with zero attached hydrogens (tertiary/aromatic N) is 1. The van der Waals surface area contributed by atoms with Crippen molar-refractivity contribution in [2.24, 2.45) is 0 Å². The Kier molecular flexibility index (Phi) is 5.02. The van der Waals surface area contributed by atoms with E-state index in [0.717, 1.165) is 5.56 Å². The minimum absolute atomic E-state index is 0.280. The van der Waals surface area contributed by atoms with Crippen LogP contribution in [0.2, 0.25) is 0 Å². The van der Waals surface area contributed by atoms with E-state index in [9.17, 15) is 14.0 Å². The molecular weight excluding hydrogens is 307 g/mol. The number of rotatable bonds is 2. The number of hydrogen-bond donors (Lipinski definition) is 1. The number of carbonyl (C=O) groups is 2. The SMILES string of the molecule is Cc1ccc(C(=O)N(NC(=O)c2ccc(F)cc2)C(C)(C)C)cc1. The highest BCUT2D eigenvalue weighted by molar-refractivity contribution is 5.99. The lowest BCUT2D eigenvalue weighted by Gasteiger charge is -2.35. The molecule has 0 fully saturated rings. The number of carbonyl (C=O) groups excluding carboxylic acids is 2. The van der Waals surface area contributed by atoms with E-state index in [0.29, 0.717) is 5.56 Å². The second kappa shape index (κ2) is 6.83. The van der Waals surface area contributed by atoms with Crippen molar-refractivity contribution in [1.29, 1.82) is 0 Å². The van der Waals surface area contributed by atoms with Crippen LogP contribution in [0.4, 0.5) is 4.39 Å². The van der Waals surface area contributed by atoms with Gasteiger partial charge in [-0.1, -0.05) is 17.7 Å². The summed E-state index contributed by atoms with van der Waals surface area (Å²) in [6, 6.07) is 12.3. The van der Waals surface area contributed by atoms with Crippen molar-refractivity contribution in [3.05, 3.63) is 71.0 Å². The molecule has 24 heavy (non-hydrogen) atoms. The quantitative estimate of drug-likeness (QED) is 0.854. The van der Waals surface area contributed by atoms with E-state index in [4.69, 9.17) is 0 Å². The van der Waals surface area contributed by atoms with E-state index in [1.165, 1.54) is 29.3 Å². The number of aryl methyl sites for hydroxylation is 1. The predicted molar refractivity (Wildman–Crippen MR) is 91.0 cm³/mol. The third-order valence-corrected chi connectivity index (χ3v) is 3.49. The molecule has 2 rings (SSSR count). The van der Waals surface area contributed by atoms with Crippen LogP contribution in [0, 0.1) is 12.7 Å². The molecule has 0 unspecified atom stereocenters. The molecule has 0 aliphatic rings. The second-order valence-corrected chi connectivity index (χ2v) is 6.63. The third kappa shape index (κ3) is 4.19. The number of hydrogen-bond acceptors (Lipinski definition) is 2. The monoisotopic (exact) mass is 328 g/mol. The molecule has 5 heteroatoms. The van der Waals surface area contributed by atoms with E-state index >= 15 is 0 Å². The first-order valence-electron chi connectivity index (χ1n) is 7.66. The average Bonchev–Trinajstić information content (AvgIpc) is 2.52. The minimum atomic E-state index is -0.627. The first-order chi connectivity index (χ1) is 11.2. The van der Waals surface area contributed by atoms with Crippen LogP contribution in [0.15, 0.2) is 48.5 Å². The van der Waals surface area contributed by atoms with Gasteiger partial charge in [0.1, 0.15) is 5.82 Å². The molecule has 4 nitrogen and oxygen atoms in total. The maximum atomic E-state index is 13.0. The van der Waals surface area contributed by atoms with Crippen LogP contribution in [0.1, 0.15) is 47.1 Å². The molecule has 2 aromatic carbocycles. The summed E-state index contributed by atoms with van der Waals surface area (Å²) >= 11 is 0. The Bertz CT molecular complexity index is 731.